The molecule has 0 aliphatic carbocycles. The summed E-state index contributed by atoms with van der Waals surface area (Å²) in [6.07, 6.45) is 0. The van der Waals surface area contributed by atoms with Crippen LogP contribution in [0.15, 0.2) is 29.2 Å². The minimum atomic E-state index is 0. The first-order valence-electron chi connectivity index (χ1n) is 2.66. The van der Waals surface area contributed by atoms with E-state index < -0.39 is 0 Å². The van der Waals surface area contributed by atoms with Crippen LogP contribution in [0.4, 0.5) is 0 Å². The predicted molar refractivity (Wildman–Crippen MR) is 48.8 cm³/mol. The van der Waals surface area contributed by atoms with Crippen LogP contribution in [0.25, 0.3) is 0 Å². The van der Waals surface area contributed by atoms with Gasteiger partial charge in [-0.3, -0.25) is 0 Å². The van der Waals surface area contributed by atoms with Crippen molar-refractivity contribution in [1.82, 2.24) is 0 Å². The van der Waals surface area contributed by atoms with Crippen molar-refractivity contribution in [3.05, 3.63) is 24.3 Å². The van der Waals surface area contributed by atoms with Gasteiger partial charge in [-0.25, -0.2) is 0 Å². The molecule has 0 aromatic heterocycles. The minimum absolute atomic E-state index is 0. The second-order valence-corrected chi connectivity index (χ2v) is 2.21. The van der Waals surface area contributed by atoms with Gasteiger partial charge in [-0.05, 0) is 24.3 Å². The molecule has 1 nitrogen and oxygen atoms in total. The van der Waals surface area contributed by atoms with Crippen molar-refractivity contribution in [3.8, 4) is 5.75 Å². The van der Waals surface area contributed by atoms with E-state index in [4.69, 9.17) is 4.74 Å². The Bertz CT molecular complexity index is 185. The van der Waals surface area contributed by atoms with Crippen LogP contribution >= 0.6 is 12.6 Å². The Morgan fingerprint density at radius 1 is 1.20 bits per heavy atom. The van der Waals surface area contributed by atoms with Gasteiger partial charge in [0.05, 0.1) is 7.11 Å². The SMILES string of the molecule is COc1ccc(S)cc1.[SeH2]. The van der Waals surface area contributed by atoms with Crippen LogP contribution in [-0.4, -0.2) is 24.2 Å². The molecule has 0 saturated heterocycles. The molecule has 0 unspecified atom stereocenters. The number of hydrogen-bond donors (Lipinski definition) is 1. The molecule has 56 valence electrons. The maximum atomic E-state index is 4.94. The van der Waals surface area contributed by atoms with Crippen LogP contribution in [0, 0.1) is 0 Å². The average molecular weight is 221 g/mol. The van der Waals surface area contributed by atoms with Crippen LogP contribution in [0.3, 0.4) is 0 Å². The Morgan fingerprint density at radius 2 is 1.70 bits per heavy atom. The normalized spacial score (nSPS) is 8.20. The third-order valence-electron chi connectivity index (χ3n) is 1.07. The Labute approximate surface area is 76.7 Å². The van der Waals surface area contributed by atoms with Gasteiger partial charge in [0.15, 0.2) is 0 Å². The zero-order valence-corrected chi connectivity index (χ0v) is 8.66. The van der Waals surface area contributed by atoms with Gasteiger partial charge in [-0.2, -0.15) is 0 Å². The first-order chi connectivity index (χ1) is 4.33. The first kappa shape index (κ1) is 9.89. The Hall–Kier alpha value is -0.111. The summed E-state index contributed by atoms with van der Waals surface area (Å²) in [6.45, 7) is 0. The zero-order valence-electron chi connectivity index (χ0n) is 5.66. The van der Waals surface area contributed by atoms with Crippen molar-refractivity contribution in [2.24, 2.45) is 0 Å². The molecule has 1 aromatic rings. The van der Waals surface area contributed by atoms with Crippen LogP contribution < -0.4 is 4.74 Å². The summed E-state index contributed by atoms with van der Waals surface area (Å²) >= 11 is 4.11. The van der Waals surface area contributed by atoms with Gasteiger partial charge in [-0.1, -0.05) is 0 Å². The van der Waals surface area contributed by atoms with E-state index in [-0.39, 0.29) is 17.1 Å². The summed E-state index contributed by atoms with van der Waals surface area (Å²) in [5, 5.41) is 0. The van der Waals surface area contributed by atoms with Crippen LogP contribution in [0.2, 0.25) is 0 Å². The Kier molecular flexibility index (Phi) is 4.61. The van der Waals surface area contributed by atoms with E-state index in [1.807, 2.05) is 24.3 Å². The second kappa shape index (κ2) is 4.67. The molecule has 1 aromatic carbocycles. The third kappa shape index (κ3) is 2.65. The average Bonchev–Trinajstić information content (AvgIpc) is 1.90. The molecule has 0 aliphatic rings. The van der Waals surface area contributed by atoms with Crippen molar-refractivity contribution in [3.63, 3.8) is 0 Å². The van der Waals surface area contributed by atoms with Crippen molar-refractivity contribution in [1.29, 1.82) is 0 Å². The topological polar surface area (TPSA) is 9.23 Å². The molecule has 10 heavy (non-hydrogen) atoms. The van der Waals surface area contributed by atoms with Crippen molar-refractivity contribution < 1.29 is 4.74 Å². The standard InChI is InChI=1S/C7H8OS.H2Se/c1-8-6-2-4-7(9)5-3-6;/h2-5,9H,1H3;1H2. The summed E-state index contributed by atoms with van der Waals surface area (Å²) in [6, 6.07) is 7.54. The number of methoxy groups -OCH3 is 1. The molecule has 0 saturated carbocycles. The van der Waals surface area contributed by atoms with E-state index in [0.717, 1.165) is 10.6 Å². The van der Waals surface area contributed by atoms with Crippen molar-refractivity contribution in [2.75, 3.05) is 7.11 Å². The Morgan fingerprint density at radius 3 is 2.10 bits per heavy atom. The molecule has 0 spiro atoms. The fourth-order valence-electron chi connectivity index (χ4n) is 0.582. The molecule has 0 fully saturated rings. The number of thiol groups is 1. The summed E-state index contributed by atoms with van der Waals surface area (Å²) in [7, 11) is 1.65. The molecule has 0 atom stereocenters. The molecule has 3 heteroatoms. The fraction of sp³-hybridized carbons (Fsp3) is 0.143. The molecular formula is C7H10OSSe. The third-order valence-corrected chi connectivity index (χ3v) is 1.37. The van der Waals surface area contributed by atoms with Crippen LogP contribution in [-0.2, 0) is 0 Å². The summed E-state index contributed by atoms with van der Waals surface area (Å²) < 4.78 is 4.94. The van der Waals surface area contributed by atoms with Gasteiger partial charge in [0, 0.05) is 4.90 Å². The molecule has 0 bridgehead atoms. The van der Waals surface area contributed by atoms with Gasteiger partial charge in [0.2, 0.25) is 0 Å². The summed E-state index contributed by atoms with van der Waals surface area (Å²) in [4.78, 5) is 0.954. The monoisotopic (exact) mass is 222 g/mol. The first-order valence-corrected chi connectivity index (χ1v) is 3.10. The van der Waals surface area contributed by atoms with E-state index in [9.17, 15) is 0 Å². The molecule has 0 amide bonds. The number of rotatable bonds is 1. The van der Waals surface area contributed by atoms with Crippen molar-refractivity contribution in [2.45, 2.75) is 4.90 Å². The molecule has 0 heterocycles. The van der Waals surface area contributed by atoms with E-state index in [1.54, 1.807) is 7.11 Å². The molecule has 0 radical (unpaired) electrons. The van der Waals surface area contributed by atoms with Gasteiger partial charge in [0.25, 0.3) is 0 Å². The van der Waals surface area contributed by atoms with Gasteiger partial charge in [0.1, 0.15) is 5.75 Å². The molecule has 0 aliphatic heterocycles. The van der Waals surface area contributed by atoms with E-state index in [2.05, 4.69) is 12.6 Å². The number of ether oxygens (including phenoxy) is 1. The molecule has 1 rings (SSSR count). The summed E-state index contributed by atoms with van der Waals surface area (Å²) in [5.74, 6) is 0.868. The van der Waals surface area contributed by atoms with Gasteiger partial charge in [-0.15, -0.1) is 12.6 Å². The van der Waals surface area contributed by atoms with Crippen LogP contribution in [0.1, 0.15) is 0 Å². The molecule has 0 N–H and O–H groups in total. The van der Waals surface area contributed by atoms with Crippen molar-refractivity contribution >= 4 is 29.7 Å². The Balaban J connectivity index is 0.000000810. The van der Waals surface area contributed by atoms with Gasteiger partial charge >= 0.3 is 17.1 Å². The maximum absolute atomic E-state index is 4.94. The van der Waals surface area contributed by atoms with Gasteiger partial charge < -0.3 is 4.74 Å². The van der Waals surface area contributed by atoms with Crippen LogP contribution in [0.5, 0.6) is 5.75 Å². The fourth-order valence-corrected chi connectivity index (χ4v) is 0.731. The number of benzene rings is 1. The second-order valence-electron chi connectivity index (χ2n) is 1.70. The van der Waals surface area contributed by atoms with E-state index in [0.29, 0.717) is 0 Å². The van der Waals surface area contributed by atoms with E-state index in [1.165, 1.54) is 0 Å². The number of hydrogen-bond acceptors (Lipinski definition) is 2. The predicted octanol–water partition coefficient (Wildman–Crippen LogP) is 1.07. The molecular weight excluding hydrogens is 211 g/mol. The zero-order chi connectivity index (χ0) is 6.69. The quantitative estimate of drug-likeness (QED) is 0.551. The van der Waals surface area contributed by atoms with E-state index >= 15 is 0 Å². The summed E-state index contributed by atoms with van der Waals surface area (Å²) in [5.41, 5.74) is 0.